The molecule has 1 aliphatic rings. The van der Waals surface area contributed by atoms with Crippen LogP contribution in [0.25, 0.3) is 0 Å². The number of fused-ring (bicyclic) bond motifs is 1. The summed E-state index contributed by atoms with van der Waals surface area (Å²) in [6, 6.07) is 5.81. The van der Waals surface area contributed by atoms with E-state index < -0.39 is 0 Å². The first-order valence-corrected chi connectivity index (χ1v) is 7.93. The van der Waals surface area contributed by atoms with Crippen molar-refractivity contribution in [2.45, 2.75) is 47.5 Å². The van der Waals surface area contributed by atoms with Crippen LogP contribution < -0.4 is 10.2 Å². The van der Waals surface area contributed by atoms with Gasteiger partial charge in [-0.1, -0.05) is 34.6 Å². The summed E-state index contributed by atoms with van der Waals surface area (Å²) < 4.78 is 0. The van der Waals surface area contributed by atoms with Gasteiger partial charge in [0.2, 0.25) is 11.8 Å². The number of nitrogens with zero attached hydrogens (tertiary/aromatic N) is 1. The van der Waals surface area contributed by atoms with E-state index in [-0.39, 0.29) is 17.2 Å². The fraction of sp³-hybridized carbons (Fsp3) is 0.556. The second-order valence-electron chi connectivity index (χ2n) is 7.45. The molecule has 22 heavy (non-hydrogen) atoms. The zero-order valence-corrected chi connectivity index (χ0v) is 14.2. The summed E-state index contributed by atoms with van der Waals surface area (Å²) in [6.45, 7) is 10.6. The van der Waals surface area contributed by atoms with Crippen LogP contribution in [0.4, 0.5) is 11.4 Å². The van der Waals surface area contributed by atoms with Crippen LogP contribution in [-0.2, 0) is 16.0 Å². The molecule has 120 valence electrons. The van der Waals surface area contributed by atoms with E-state index in [4.69, 9.17) is 0 Å². The highest BCUT2D eigenvalue weighted by atomic mass is 16.2. The molecule has 0 saturated carbocycles. The lowest BCUT2D eigenvalue weighted by atomic mass is 9.94. The van der Waals surface area contributed by atoms with Crippen LogP contribution in [0.3, 0.4) is 0 Å². The highest BCUT2D eigenvalue weighted by Gasteiger charge is 2.32. The third-order valence-electron chi connectivity index (χ3n) is 3.74. The second-order valence-corrected chi connectivity index (χ2v) is 7.45. The number of benzene rings is 1. The molecule has 4 nitrogen and oxygen atoms in total. The standard InChI is InChI=1S/C18H26N2O2/c1-12(2)10-16(21)19-14-6-7-15-13(11-14)8-9-20(15)17(22)18(3,4)5/h6-7,11-12H,8-10H2,1-5H3,(H,19,21). The van der Waals surface area contributed by atoms with Crippen LogP contribution in [0.2, 0.25) is 0 Å². The van der Waals surface area contributed by atoms with Crippen LogP contribution in [0.1, 0.15) is 46.6 Å². The molecule has 0 bridgehead atoms. The Bertz CT molecular complexity index is 585. The third-order valence-corrected chi connectivity index (χ3v) is 3.74. The van der Waals surface area contributed by atoms with Crippen molar-refractivity contribution in [2.75, 3.05) is 16.8 Å². The summed E-state index contributed by atoms with van der Waals surface area (Å²) in [4.78, 5) is 26.2. The van der Waals surface area contributed by atoms with E-state index in [2.05, 4.69) is 5.32 Å². The van der Waals surface area contributed by atoms with Crippen molar-refractivity contribution in [3.63, 3.8) is 0 Å². The molecule has 0 fully saturated rings. The molecule has 1 N–H and O–H groups in total. The Morgan fingerprint density at radius 2 is 1.95 bits per heavy atom. The minimum Gasteiger partial charge on any atom is -0.326 e. The predicted molar refractivity (Wildman–Crippen MR) is 90.0 cm³/mol. The normalized spacial score (nSPS) is 14.2. The monoisotopic (exact) mass is 302 g/mol. The summed E-state index contributed by atoms with van der Waals surface area (Å²) in [5, 5.41) is 2.93. The number of carbonyl (C=O) groups excluding carboxylic acids is 2. The molecule has 0 atom stereocenters. The van der Waals surface area contributed by atoms with Crippen LogP contribution in [0.15, 0.2) is 18.2 Å². The lowest BCUT2D eigenvalue weighted by Crippen LogP contribution is -2.38. The first-order chi connectivity index (χ1) is 10.2. The van der Waals surface area contributed by atoms with Gasteiger partial charge in [0, 0.05) is 29.8 Å². The molecule has 0 aliphatic carbocycles. The minimum atomic E-state index is -0.383. The van der Waals surface area contributed by atoms with Crippen molar-refractivity contribution >= 4 is 23.2 Å². The molecule has 0 unspecified atom stereocenters. The van der Waals surface area contributed by atoms with Crippen molar-refractivity contribution in [3.8, 4) is 0 Å². The molecular weight excluding hydrogens is 276 g/mol. The van der Waals surface area contributed by atoms with E-state index in [1.165, 1.54) is 0 Å². The van der Waals surface area contributed by atoms with Crippen molar-refractivity contribution < 1.29 is 9.59 Å². The largest absolute Gasteiger partial charge is 0.326 e. The molecule has 0 radical (unpaired) electrons. The Balaban J connectivity index is 2.14. The van der Waals surface area contributed by atoms with Gasteiger partial charge in [-0.15, -0.1) is 0 Å². The SMILES string of the molecule is CC(C)CC(=O)Nc1ccc2c(c1)CCN2C(=O)C(C)(C)C. The molecule has 0 aromatic heterocycles. The predicted octanol–water partition coefficient (Wildman–Crippen LogP) is 3.61. The number of hydrogen-bond acceptors (Lipinski definition) is 2. The Kier molecular flexibility index (Phi) is 4.59. The molecule has 4 heteroatoms. The van der Waals surface area contributed by atoms with Crippen molar-refractivity contribution in [2.24, 2.45) is 11.3 Å². The van der Waals surface area contributed by atoms with Crippen molar-refractivity contribution in [1.82, 2.24) is 0 Å². The van der Waals surface area contributed by atoms with Crippen LogP contribution in [0, 0.1) is 11.3 Å². The van der Waals surface area contributed by atoms with E-state index in [0.717, 1.165) is 29.9 Å². The summed E-state index contributed by atoms with van der Waals surface area (Å²) in [5.74, 6) is 0.521. The first kappa shape index (κ1) is 16.5. The summed E-state index contributed by atoms with van der Waals surface area (Å²) in [5.41, 5.74) is 2.53. The molecule has 1 aliphatic heterocycles. The fourth-order valence-electron chi connectivity index (χ4n) is 2.68. The summed E-state index contributed by atoms with van der Waals surface area (Å²) in [7, 11) is 0. The smallest absolute Gasteiger partial charge is 0.232 e. The van der Waals surface area contributed by atoms with Gasteiger partial charge in [0.25, 0.3) is 0 Å². The van der Waals surface area contributed by atoms with E-state index >= 15 is 0 Å². The highest BCUT2D eigenvalue weighted by Crippen LogP contribution is 2.33. The van der Waals surface area contributed by atoms with E-state index in [9.17, 15) is 9.59 Å². The van der Waals surface area contributed by atoms with Crippen LogP contribution >= 0.6 is 0 Å². The Labute approximate surface area is 132 Å². The molecular formula is C18H26N2O2. The number of rotatable bonds is 3. The van der Waals surface area contributed by atoms with Gasteiger partial charge in [-0.25, -0.2) is 0 Å². The Morgan fingerprint density at radius 1 is 1.27 bits per heavy atom. The number of anilines is 2. The number of nitrogens with one attached hydrogen (secondary N) is 1. The molecule has 2 amide bonds. The zero-order valence-electron chi connectivity index (χ0n) is 14.2. The minimum absolute atomic E-state index is 0.0376. The zero-order chi connectivity index (χ0) is 16.5. The average molecular weight is 302 g/mol. The fourth-order valence-corrected chi connectivity index (χ4v) is 2.68. The lowest BCUT2D eigenvalue weighted by molar-refractivity contribution is -0.125. The molecule has 1 aromatic carbocycles. The van der Waals surface area contributed by atoms with Gasteiger partial charge >= 0.3 is 0 Å². The number of hydrogen-bond donors (Lipinski definition) is 1. The van der Waals surface area contributed by atoms with E-state index in [1.807, 2.05) is 57.7 Å². The molecule has 1 heterocycles. The Hall–Kier alpha value is -1.84. The van der Waals surface area contributed by atoms with E-state index in [1.54, 1.807) is 0 Å². The number of amides is 2. The molecule has 0 spiro atoms. The first-order valence-electron chi connectivity index (χ1n) is 7.93. The topological polar surface area (TPSA) is 49.4 Å². The molecule has 1 aromatic rings. The second kappa shape index (κ2) is 6.11. The van der Waals surface area contributed by atoms with Gasteiger partial charge in [-0.05, 0) is 36.1 Å². The third kappa shape index (κ3) is 3.67. The maximum absolute atomic E-state index is 12.5. The quantitative estimate of drug-likeness (QED) is 0.927. The van der Waals surface area contributed by atoms with Gasteiger partial charge in [0.05, 0.1) is 0 Å². The van der Waals surface area contributed by atoms with Gasteiger partial charge in [-0.2, -0.15) is 0 Å². The van der Waals surface area contributed by atoms with Crippen molar-refractivity contribution in [3.05, 3.63) is 23.8 Å². The van der Waals surface area contributed by atoms with Gasteiger partial charge in [-0.3, -0.25) is 9.59 Å². The van der Waals surface area contributed by atoms with Crippen molar-refractivity contribution in [1.29, 1.82) is 0 Å². The van der Waals surface area contributed by atoms with E-state index in [0.29, 0.717) is 12.3 Å². The van der Waals surface area contributed by atoms with Crippen LogP contribution in [-0.4, -0.2) is 18.4 Å². The van der Waals surface area contributed by atoms with Crippen LogP contribution in [0.5, 0.6) is 0 Å². The van der Waals surface area contributed by atoms with Gasteiger partial charge in [0.1, 0.15) is 0 Å². The number of carbonyl (C=O) groups is 2. The maximum Gasteiger partial charge on any atom is 0.232 e. The highest BCUT2D eigenvalue weighted by molar-refractivity contribution is 5.99. The molecule has 0 saturated heterocycles. The summed E-state index contributed by atoms with van der Waals surface area (Å²) in [6.07, 6.45) is 1.36. The van der Waals surface area contributed by atoms with Gasteiger partial charge < -0.3 is 10.2 Å². The average Bonchev–Trinajstić information content (AvgIpc) is 2.78. The van der Waals surface area contributed by atoms with Gasteiger partial charge in [0.15, 0.2) is 0 Å². The Morgan fingerprint density at radius 3 is 2.55 bits per heavy atom. The maximum atomic E-state index is 12.5. The summed E-state index contributed by atoms with van der Waals surface area (Å²) >= 11 is 0. The lowest BCUT2D eigenvalue weighted by Gasteiger charge is -2.26. The molecule has 2 rings (SSSR count).